The lowest BCUT2D eigenvalue weighted by molar-refractivity contribution is -0.542. The third-order valence-electron chi connectivity index (χ3n) is 7.62. The standard InChI is InChI=1S/C23H37NO6/c1-8-27-23(28-9-2,12-13-24-19(25)15(3)16(4)20(24)26)30-29-22(7)11-10-17-14-18(22)21(17,5)6/h17-18H,8-14H2,1-7H3. The molecule has 3 saturated carbocycles. The molecule has 30 heavy (non-hydrogen) atoms. The third-order valence-corrected chi connectivity index (χ3v) is 7.62. The van der Waals surface area contributed by atoms with E-state index in [1.807, 2.05) is 13.8 Å². The van der Waals surface area contributed by atoms with Crippen LogP contribution in [0.25, 0.3) is 0 Å². The Hall–Kier alpha value is -1.28. The van der Waals surface area contributed by atoms with Crippen molar-refractivity contribution in [1.82, 2.24) is 4.90 Å². The Morgan fingerprint density at radius 3 is 2.07 bits per heavy atom. The van der Waals surface area contributed by atoms with Crippen molar-refractivity contribution in [2.75, 3.05) is 19.8 Å². The summed E-state index contributed by atoms with van der Waals surface area (Å²) in [6.07, 6.45) is 3.34. The first-order valence-corrected chi connectivity index (χ1v) is 11.2. The highest BCUT2D eigenvalue weighted by atomic mass is 17.3. The highest BCUT2D eigenvalue weighted by molar-refractivity contribution is 6.18. The van der Waals surface area contributed by atoms with Crippen LogP contribution < -0.4 is 0 Å². The molecule has 0 aromatic rings. The molecule has 0 saturated heterocycles. The lowest BCUT2D eigenvalue weighted by Gasteiger charge is -2.63. The van der Waals surface area contributed by atoms with Gasteiger partial charge in [0, 0.05) is 30.9 Å². The maximum atomic E-state index is 12.4. The SMILES string of the molecule is CCOC(CCN1C(=O)C(C)=C(C)C1=O)(OCC)OOC1(C)CCC2CC1C2(C)C. The largest absolute Gasteiger partial charge is 0.326 e. The van der Waals surface area contributed by atoms with Gasteiger partial charge in [0.1, 0.15) is 5.60 Å². The van der Waals surface area contributed by atoms with E-state index in [1.54, 1.807) is 13.8 Å². The van der Waals surface area contributed by atoms with E-state index in [1.165, 1.54) is 4.90 Å². The number of ether oxygens (including phenoxy) is 2. The van der Waals surface area contributed by atoms with Gasteiger partial charge in [0.2, 0.25) is 0 Å². The molecule has 0 radical (unpaired) electrons. The fraction of sp³-hybridized carbons (Fsp3) is 0.826. The highest BCUT2D eigenvalue weighted by Crippen LogP contribution is 2.63. The molecule has 3 unspecified atom stereocenters. The van der Waals surface area contributed by atoms with Crippen LogP contribution in [0.1, 0.15) is 74.1 Å². The van der Waals surface area contributed by atoms with Gasteiger partial charge in [0.25, 0.3) is 11.8 Å². The van der Waals surface area contributed by atoms with E-state index < -0.39 is 11.6 Å². The van der Waals surface area contributed by atoms with Gasteiger partial charge in [0.15, 0.2) is 0 Å². The zero-order valence-corrected chi connectivity index (χ0v) is 19.5. The average molecular weight is 424 g/mol. The van der Waals surface area contributed by atoms with E-state index in [2.05, 4.69) is 20.8 Å². The molecule has 1 heterocycles. The minimum Gasteiger partial charge on any atom is -0.326 e. The van der Waals surface area contributed by atoms with Crippen molar-refractivity contribution in [2.24, 2.45) is 17.3 Å². The quantitative estimate of drug-likeness (QED) is 0.229. The van der Waals surface area contributed by atoms with Crippen LogP contribution in [-0.4, -0.2) is 48.0 Å². The van der Waals surface area contributed by atoms with Gasteiger partial charge in [-0.2, -0.15) is 4.89 Å². The van der Waals surface area contributed by atoms with Gasteiger partial charge in [0.05, 0.1) is 6.42 Å². The van der Waals surface area contributed by atoms with Gasteiger partial charge in [-0.3, -0.25) is 14.5 Å². The van der Waals surface area contributed by atoms with Crippen LogP contribution >= 0.6 is 0 Å². The predicted molar refractivity (Wildman–Crippen MR) is 111 cm³/mol. The Balaban J connectivity index is 1.71. The van der Waals surface area contributed by atoms with Crippen molar-refractivity contribution >= 4 is 11.8 Å². The average Bonchev–Trinajstić information content (AvgIpc) is 2.88. The Labute approximate surface area is 180 Å². The molecule has 0 spiro atoms. The molecule has 1 aliphatic heterocycles. The Kier molecular flexibility index (Phi) is 6.50. The number of amides is 2. The van der Waals surface area contributed by atoms with Gasteiger partial charge in [-0.25, -0.2) is 4.89 Å². The topological polar surface area (TPSA) is 74.3 Å². The van der Waals surface area contributed by atoms with Crippen LogP contribution in [-0.2, 0) is 28.8 Å². The number of carbonyl (C=O) groups is 2. The van der Waals surface area contributed by atoms with Crippen molar-refractivity contribution in [3.63, 3.8) is 0 Å². The maximum absolute atomic E-state index is 12.4. The molecule has 7 nitrogen and oxygen atoms in total. The lowest BCUT2D eigenvalue weighted by atomic mass is 9.44. The van der Waals surface area contributed by atoms with Crippen LogP contribution in [0, 0.1) is 17.3 Å². The number of imide groups is 1. The second-order valence-corrected chi connectivity index (χ2v) is 9.64. The molecule has 2 bridgehead atoms. The van der Waals surface area contributed by atoms with Crippen LogP contribution in [0.4, 0.5) is 0 Å². The van der Waals surface area contributed by atoms with Gasteiger partial charge >= 0.3 is 5.97 Å². The van der Waals surface area contributed by atoms with Crippen LogP contribution in [0.3, 0.4) is 0 Å². The Bertz CT molecular complexity index is 697. The summed E-state index contributed by atoms with van der Waals surface area (Å²) < 4.78 is 11.7. The summed E-state index contributed by atoms with van der Waals surface area (Å²) in [5, 5.41) is 0. The van der Waals surface area contributed by atoms with Crippen molar-refractivity contribution in [3.05, 3.63) is 11.1 Å². The number of fused-ring (bicyclic) bond motifs is 2. The van der Waals surface area contributed by atoms with Crippen molar-refractivity contribution < 1.29 is 28.8 Å². The van der Waals surface area contributed by atoms with Gasteiger partial charge in [-0.05, 0) is 71.1 Å². The van der Waals surface area contributed by atoms with E-state index in [-0.39, 0.29) is 30.2 Å². The molecule has 0 N–H and O–H groups in total. The molecule has 7 heteroatoms. The van der Waals surface area contributed by atoms with Crippen LogP contribution in [0.5, 0.6) is 0 Å². The zero-order chi connectivity index (χ0) is 22.3. The summed E-state index contributed by atoms with van der Waals surface area (Å²) in [6, 6.07) is 0. The maximum Gasteiger partial charge on any atom is 0.313 e. The minimum absolute atomic E-state index is 0.128. The molecular weight excluding hydrogens is 386 g/mol. The molecule has 0 aromatic carbocycles. The fourth-order valence-corrected chi connectivity index (χ4v) is 5.42. The number of rotatable bonds is 10. The molecule has 4 rings (SSSR count). The van der Waals surface area contributed by atoms with Gasteiger partial charge < -0.3 is 9.47 Å². The first-order chi connectivity index (χ1) is 14.0. The molecule has 3 aliphatic carbocycles. The summed E-state index contributed by atoms with van der Waals surface area (Å²) in [5.74, 6) is -0.874. The summed E-state index contributed by atoms with van der Waals surface area (Å²) >= 11 is 0. The normalized spacial score (nSPS) is 30.8. The molecule has 0 aromatic heterocycles. The van der Waals surface area contributed by atoms with E-state index in [4.69, 9.17) is 19.2 Å². The van der Waals surface area contributed by atoms with E-state index in [0.29, 0.717) is 30.3 Å². The van der Waals surface area contributed by atoms with Crippen molar-refractivity contribution in [2.45, 2.75) is 85.7 Å². The first kappa shape index (κ1) is 23.4. The lowest BCUT2D eigenvalue weighted by Crippen LogP contribution is -2.62. The van der Waals surface area contributed by atoms with Crippen LogP contribution in [0.15, 0.2) is 11.1 Å². The third kappa shape index (κ3) is 3.85. The predicted octanol–water partition coefficient (Wildman–Crippen LogP) is 3.97. The summed E-state index contributed by atoms with van der Waals surface area (Å²) in [7, 11) is 0. The van der Waals surface area contributed by atoms with Gasteiger partial charge in [-0.1, -0.05) is 13.8 Å². The summed E-state index contributed by atoms with van der Waals surface area (Å²) in [5.41, 5.74) is 0.760. The summed E-state index contributed by atoms with van der Waals surface area (Å²) in [4.78, 5) is 38.1. The van der Waals surface area contributed by atoms with E-state index >= 15 is 0 Å². The minimum atomic E-state index is -1.47. The molecule has 2 amide bonds. The Morgan fingerprint density at radius 2 is 1.60 bits per heavy atom. The molecule has 3 atom stereocenters. The summed E-state index contributed by atoms with van der Waals surface area (Å²) in [6.45, 7) is 14.5. The van der Waals surface area contributed by atoms with Gasteiger partial charge in [-0.15, -0.1) is 0 Å². The fourth-order valence-electron chi connectivity index (χ4n) is 5.42. The van der Waals surface area contributed by atoms with Crippen molar-refractivity contribution in [1.29, 1.82) is 0 Å². The van der Waals surface area contributed by atoms with Crippen molar-refractivity contribution in [3.8, 4) is 0 Å². The molecule has 3 fully saturated rings. The highest BCUT2D eigenvalue weighted by Gasteiger charge is 2.61. The zero-order valence-electron chi connectivity index (χ0n) is 19.5. The number of carbonyl (C=O) groups excluding carboxylic acids is 2. The molecular formula is C23H37NO6. The molecule has 170 valence electrons. The smallest absolute Gasteiger partial charge is 0.313 e. The first-order valence-electron chi connectivity index (χ1n) is 11.2. The van der Waals surface area contributed by atoms with E-state index in [0.717, 1.165) is 25.2 Å². The van der Waals surface area contributed by atoms with E-state index in [9.17, 15) is 9.59 Å². The number of hydrogen-bond acceptors (Lipinski definition) is 6. The van der Waals surface area contributed by atoms with Crippen LogP contribution in [0.2, 0.25) is 0 Å². The monoisotopic (exact) mass is 423 g/mol. The second kappa shape index (κ2) is 8.34. The number of hydrogen-bond donors (Lipinski definition) is 0. The Morgan fingerprint density at radius 1 is 1.03 bits per heavy atom. The second-order valence-electron chi connectivity index (χ2n) is 9.64. The molecule has 4 aliphatic rings. The number of nitrogens with zero attached hydrogens (tertiary/aromatic N) is 1.